The Hall–Kier alpha value is -1.63. The second kappa shape index (κ2) is 9.46. The van der Waals surface area contributed by atoms with Crippen LogP contribution >= 0.6 is 0 Å². The molecule has 0 spiro atoms. The average molecular weight is 546 g/mol. The number of carbonyl (C=O) groups excluding carboxylic acids is 1. The smallest absolute Gasteiger partial charge is 0.312 e. The molecule has 5 aliphatic rings. The fourth-order valence-electron chi connectivity index (χ4n) is 11.2. The van der Waals surface area contributed by atoms with Gasteiger partial charge in [-0.3, -0.25) is 4.79 Å². The summed E-state index contributed by atoms with van der Waals surface area (Å²) in [5, 5.41) is 20.7. The van der Waals surface area contributed by atoms with E-state index in [1.54, 1.807) is 0 Å². The van der Waals surface area contributed by atoms with Crippen LogP contribution in [-0.4, -0.2) is 35.5 Å². The summed E-state index contributed by atoms with van der Waals surface area (Å²) in [7, 11) is 0. The number of hydrogen-bond donors (Lipinski definition) is 1. The van der Waals surface area contributed by atoms with Crippen molar-refractivity contribution in [2.75, 3.05) is 13.2 Å². The molecule has 0 aliphatic heterocycles. The van der Waals surface area contributed by atoms with Crippen molar-refractivity contribution in [2.24, 2.45) is 56.7 Å². The van der Waals surface area contributed by atoms with Gasteiger partial charge in [0.1, 0.15) is 13.2 Å². The minimum absolute atomic E-state index is 0.0125. The Balaban J connectivity index is 1.51. The number of nitrogens with zero attached hydrogens (tertiary/aromatic N) is 1. The monoisotopic (exact) mass is 545 g/mol. The van der Waals surface area contributed by atoms with Crippen LogP contribution in [0, 0.1) is 66.8 Å². The molecule has 0 radical (unpaired) electrons. The number of aliphatic hydroxyl groups excluding tert-OH is 1. The third-order valence-electron chi connectivity index (χ3n) is 13.9. The normalized spacial score (nSPS) is 48.4. The summed E-state index contributed by atoms with van der Waals surface area (Å²) in [6, 6.07) is 0. The molecule has 0 aromatic rings. The lowest BCUT2D eigenvalue weighted by Gasteiger charge is -2.71. The molecule has 39 heavy (non-hydrogen) atoms. The fraction of sp³-hybridized carbons (Fsp3) is 0.906. The summed E-state index contributed by atoms with van der Waals surface area (Å²) in [6.07, 6.45) is 11.2. The number of fused-ring (bicyclic) bond motifs is 7. The summed E-state index contributed by atoms with van der Waals surface area (Å²) < 4.78 is 5.72. The van der Waals surface area contributed by atoms with E-state index in [-0.39, 0.29) is 52.9 Å². The number of ether oxygens (including phenoxy) is 1. The lowest BCUT2D eigenvalue weighted by Crippen LogP contribution is -2.65. The third-order valence-corrected chi connectivity index (χ3v) is 13.9. The molecule has 0 aromatic heterocycles. The first-order valence-corrected chi connectivity index (χ1v) is 15.5. The van der Waals surface area contributed by atoms with Crippen LogP contribution in [0.1, 0.15) is 106 Å². The van der Waals surface area contributed by atoms with Crippen LogP contribution in [0.25, 0.3) is 0 Å². The van der Waals surface area contributed by atoms with E-state index in [4.69, 9.17) is 4.74 Å². The van der Waals surface area contributed by atoms with Crippen LogP contribution in [0.15, 0.2) is 11.6 Å². The highest BCUT2D eigenvalue weighted by atomic mass is 17.0. The molecule has 0 bridgehead atoms. The van der Waals surface area contributed by atoms with Gasteiger partial charge in [-0.2, -0.15) is 0 Å². The van der Waals surface area contributed by atoms with Gasteiger partial charge in [0.25, 0.3) is 5.09 Å². The summed E-state index contributed by atoms with van der Waals surface area (Å²) in [5.41, 5.74) is 1.19. The Bertz CT molecular complexity index is 1040. The average Bonchev–Trinajstić information content (AvgIpc) is 2.86. The van der Waals surface area contributed by atoms with Gasteiger partial charge in [0.2, 0.25) is 0 Å². The van der Waals surface area contributed by atoms with Crippen molar-refractivity contribution in [1.29, 1.82) is 0 Å². The molecule has 0 aromatic carbocycles. The Kier molecular flexibility index (Phi) is 7.00. The van der Waals surface area contributed by atoms with Crippen molar-refractivity contribution in [3.63, 3.8) is 0 Å². The second-order valence-electron chi connectivity index (χ2n) is 15.4. The highest BCUT2D eigenvalue weighted by molar-refractivity contribution is 5.79. The minimum Gasteiger partial charge on any atom is -0.463 e. The largest absolute Gasteiger partial charge is 0.463 e. The van der Waals surface area contributed by atoms with Crippen LogP contribution < -0.4 is 0 Å². The predicted octanol–water partition coefficient (Wildman–Crippen LogP) is 6.76. The van der Waals surface area contributed by atoms with E-state index in [9.17, 15) is 20.0 Å². The van der Waals surface area contributed by atoms with Gasteiger partial charge in [-0.15, -0.1) is 10.1 Å². The van der Waals surface area contributed by atoms with Crippen LogP contribution in [0.4, 0.5) is 0 Å². The summed E-state index contributed by atoms with van der Waals surface area (Å²) in [6.45, 7) is 16.5. The zero-order valence-electron chi connectivity index (χ0n) is 25.3. The quantitative estimate of drug-likeness (QED) is 0.135. The van der Waals surface area contributed by atoms with Gasteiger partial charge >= 0.3 is 5.97 Å². The SMILES string of the molecule is C[C@H]1[C@H](C)CC[C@]2(C(=O)OCCO[N+](=O)[O-])CC[C@]3(C)C(=CC[C@@H]4[C@@]5(C)CC[C@H](O)C(C)(C)[C@@H]5CC[C@]43C)[C@H]12. The predicted molar refractivity (Wildman–Crippen MR) is 149 cm³/mol. The first kappa shape index (κ1) is 28.9. The maximum atomic E-state index is 13.8. The van der Waals surface area contributed by atoms with Gasteiger partial charge in [0.15, 0.2) is 0 Å². The van der Waals surface area contributed by atoms with E-state index in [0.29, 0.717) is 23.7 Å². The molecule has 7 heteroatoms. The van der Waals surface area contributed by atoms with Crippen molar-refractivity contribution in [3.8, 4) is 0 Å². The van der Waals surface area contributed by atoms with Crippen molar-refractivity contribution in [2.45, 2.75) is 112 Å². The lowest BCUT2D eigenvalue weighted by atomic mass is 9.33. The van der Waals surface area contributed by atoms with Crippen molar-refractivity contribution in [1.82, 2.24) is 0 Å². The van der Waals surface area contributed by atoms with Crippen molar-refractivity contribution in [3.05, 3.63) is 21.8 Å². The molecule has 0 saturated heterocycles. The van der Waals surface area contributed by atoms with Crippen LogP contribution in [0.5, 0.6) is 0 Å². The molecule has 4 fully saturated rings. The summed E-state index contributed by atoms with van der Waals surface area (Å²) >= 11 is 0. The minimum atomic E-state index is -0.835. The number of esters is 1. The Morgan fingerprint density at radius 1 is 1.00 bits per heavy atom. The van der Waals surface area contributed by atoms with Crippen molar-refractivity contribution < 1.29 is 24.6 Å². The van der Waals surface area contributed by atoms with E-state index in [1.165, 1.54) is 5.57 Å². The number of aliphatic hydroxyl groups is 1. The number of hydrogen-bond acceptors (Lipinski definition) is 6. The van der Waals surface area contributed by atoms with E-state index in [1.807, 2.05) is 0 Å². The molecular weight excluding hydrogens is 494 g/mol. The van der Waals surface area contributed by atoms with E-state index in [0.717, 1.165) is 57.8 Å². The van der Waals surface area contributed by atoms with Crippen molar-refractivity contribution >= 4 is 5.97 Å². The number of carbonyl (C=O) groups is 1. The lowest BCUT2D eigenvalue weighted by molar-refractivity contribution is -0.757. The molecule has 7 nitrogen and oxygen atoms in total. The first-order valence-electron chi connectivity index (χ1n) is 15.5. The van der Waals surface area contributed by atoms with Crippen LogP contribution in [-0.2, 0) is 14.4 Å². The van der Waals surface area contributed by atoms with Gasteiger partial charge in [0, 0.05) is 0 Å². The molecule has 0 unspecified atom stereocenters. The topological polar surface area (TPSA) is 98.9 Å². The highest BCUT2D eigenvalue weighted by Crippen LogP contribution is 2.75. The molecule has 5 aliphatic carbocycles. The Morgan fingerprint density at radius 2 is 1.72 bits per heavy atom. The Morgan fingerprint density at radius 3 is 2.41 bits per heavy atom. The summed E-state index contributed by atoms with van der Waals surface area (Å²) in [5.74, 6) is 1.90. The molecule has 220 valence electrons. The zero-order valence-corrected chi connectivity index (χ0v) is 25.3. The fourth-order valence-corrected chi connectivity index (χ4v) is 11.2. The molecule has 10 atom stereocenters. The first-order chi connectivity index (χ1) is 18.1. The third kappa shape index (κ3) is 3.94. The van der Waals surface area contributed by atoms with Gasteiger partial charge in [-0.05, 0) is 109 Å². The van der Waals surface area contributed by atoms with Crippen LogP contribution in [0.3, 0.4) is 0 Å². The highest BCUT2D eigenvalue weighted by Gasteiger charge is 2.69. The van der Waals surface area contributed by atoms with Gasteiger partial charge in [-0.25, -0.2) is 0 Å². The molecule has 0 heterocycles. The molecule has 0 amide bonds. The Labute approximate surface area is 234 Å². The van der Waals surface area contributed by atoms with Crippen LogP contribution in [0.2, 0.25) is 0 Å². The number of allylic oxidation sites excluding steroid dienone is 2. The molecule has 4 saturated carbocycles. The van der Waals surface area contributed by atoms with Gasteiger partial charge < -0.3 is 14.7 Å². The second-order valence-corrected chi connectivity index (χ2v) is 15.4. The molecular formula is C32H51NO6. The van der Waals surface area contributed by atoms with E-state index < -0.39 is 10.5 Å². The maximum Gasteiger partial charge on any atom is 0.312 e. The zero-order chi connectivity index (χ0) is 28.6. The van der Waals surface area contributed by atoms with Gasteiger partial charge in [0.05, 0.1) is 11.5 Å². The molecule has 5 rings (SSSR count). The standard InChI is InChI=1S/C32H51NO6/c1-20-10-15-32(27(35)38-18-19-39-33(36)37)17-16-30(6)22(26(32)21(20)2)8-9-24-29(5)13-12-25(34)28(3,4)23(29)11-14-31(24,30)7/h8,20-21,23-26,34H,9-19H2,1-7H3/t20-,21+,23+,24-,25+,26+,29+,30-,31-,32+/m1/s1. The van der Waals surface area contributed by atoms with E-state index in [2.05, 4.69) is 59.4 Å². The molecule has 1 N–H and O–H groups in total. The maximum absolute atomic E-state index is 13.8. The van der Waals surface area contributed by atoms with Gasteiger partial charge in [-0.1, -0.05) is 60.1 Å². The number of rotatable bonds is 5. The van der Waals surface area contributed by atoms with E-state index >= 15 is 0 Å². The summed E-state index contributed by atoms with van der Waals surface area (Å²) in [4.78, 5) is 28.8.